The molecule has 25 heavy (non-hydrogen) atoms. The minimum Gasteiger partial charge on any atom is -0.455 e. The normalized spacial score (nSPS) is 13.6. The maximum atomic E-state index is 12.8. The number of nitrogens with one attached hydrogen (secondary N) is 1. The van der Waals surface area contributed by atoms with Gasteiger partial charge >= 0.3 is 5.97 Å². The van der Waals surface area contributed by atoms with E-state index < -0.39 is 24.3 Å². The Morgan fingerprint density at radius 2 is 1.92 bits per heavy atom. The van der Waals surface area contributed by atoms with Crippen LogP contribution in [-0.2, 0) is 23.9 Å². The number of rotatable bonds is 7. The maximum absolute atomic E-state index is 12.8. The summed E-state index contributed by atoms with van der Waals surface area (Å²) in [6.45, 7) is -0.125. The van der Waals surface area contributed by atoms with Crippen molar-refractivity contribution in [3.05, 3.63) is 30.1 Å². The van der Waals surface area contributed by atoms with E-state index in [9.17, 15) is 23.6 Å². The molecule has 0 spiro atoms. The van der Waals surface area contributed by atoms with Crippen LogP contribution in [0.3, 0.4) is 0 Å². The highest BCUT2D eigenvalue weighted by Gasteiger charge is 2.26. The number of imide groups is 1. The average molecular weight is 368 g/mol. The van der Waals surface area contributed by atoms with E-state index in [1.807, 2.05) is 0 Å². The number of anilines is 1. The fraction of sp³-hybridized carbons (Fsp3) is 0.375. The van der Waals surface area contributed by atoms with Crippen molar-refractivity contribution >= 4 is 41.1 Å². The van der Waals surface area contributed by atoms with Gasteiger partial charge in [-0.25, -0.2) is 4.39 Å². The van der Waals surface area contributed by atoms with Crippen LogP contribution >= 0.6 is 11.8 Å². The zero-order chi connectivity index (χ0) is 18.2. The van der Waals surface area contributed by atoms with Gasteiger partial charge in [-0.2, -0.15) is 0 Å². The fourth-order valence-corrected chi connectivity index (χ4v) is 2.74. The number of esters is 1. The second kappa shape index (κ2) is 9.16. The van der Waals surface area contributed by atoms with Crippen LogP contribution in [0.25, 0.3) is 0 Å². The molecule has 1 fully saturated rings. The number of likely N-dealkylation sites (tertiary alicyclic amines) is 1. The Kier molecular flexibility index (Phi) is 6.93. The fourth-order valence-electron chi connectivity index (χ4n) is 2.13. The second-order valence-electron chi connectivity index (χ2n) is 5.25. The van der Waals surface area contributed by atoms with Crippen LogP contribution in [0, 0.1) is 5.82 Å². The van der Waals surface area contributed by atoms with Crippen LogP contribution in [0.15, 0.2) is 24.3 Å². The van der Waals surface area contributed by atoms with Crippen molar-refractivity contribution in [2.24, 2.45) is 0 Å². The van der Waals surface area contributed by atoms with E-state index in [-0.39, 0.29) is 23.3 Å². The number of carbonyl (C=O) groups excluding carboxylic acids is 4. The lowest BCUT2D eigenvalue weighted by Crippen LogP contribution is -2.35. The largest absolute Gasteiger partial charge is 0.455 e. The number of halogens is 1. The SMILES string of the molecule is O=C(CSCC(=O)OCC(=O)N1CCCC1=O)Nc1ccc(F)cc1. The van der Waals surface area contributed by atoms with Crippen molar-refractivity contribution in [1.82, 2.24) is 4.90 Å². The molecule has 0 bridgehead atoms. The first kappa shape index (κ1) is 18.9. The first-order valence-electron chi connectivity index (χ1n) is 7.57. The average Bonchev–Trinajstić information content (AvgIpc) is 3.01. The second-order valence-corrected chi connectivity index (χ2v) is 6.24. The van der Waals surface area contributed by atoms with Gasteiger partial charge in [0.25, 0.3) is 5.91 Å². The van der Waals surface area contributed by atoms with E-state index in [0.29, 0.717) is 25.1 Å². The Morgan fingerprint density at radius 1 is 1.20 bits per heavy atom. The van der Waals surface area contributed by atoms with Crippen LogP contribution in [-0.4, -0.2) is 53.2 Å². The van der Waals surface area contributed by atoms with E-state index in [1.54, 1.807) is 0 Å². The van der Waals surface area contributed by atoms with Crippen LogP contribution < -0.4 is 5.32 Å². The molecule has 3 amide bonds. The molecular weight excluding hydrogens is 351 g/mol. The van der Waals surface area contributed by atoms with Crippen molar-refractivity contribution in [3.8, 4) is 0 Å². The maximum Gasteiger partial charge on any atom is 0.316 e. The highest BCUT2D eigenvalue weighted by atomic mass is 32.2. The smallest absolute Gasteiger partial charge is 0.316 e. The molecule has 0 radical (unpaired) electrons. The molecule has 1 heterocycles. The molecule has 134 valence electrons. The number of benzene rings is 1. The summed E-state index contributed by atoms with van der Waals surface area (Å²) in [5.41, 5.74) is 0.454. The molecule has 1 aliphatic rings. The quantitative estimate of drug-likeness (QED) is 0.727. The van der Waals surface area contributed by atoms with Gasteiger partial charge in [0.05, 0.1) is 11.5 Å². The molecule has 9 heteroatoms. The van der Waals surface area contributed by atoms with Crippen molar-refractivity contribution in [2.45, 2.75) is 12.8 Å². The lowest BCUT2D eigenvalue weighted by molar-refractivity contribution is -0.153. The van der Waals surface area contributed by atoms with Gasteiger partial charge in [0.2, 0.25) is 11.8 Å². The summed E-state index contributed by atoms with van der Waals surface area (Å²) in [6.07, 6.45) is 0.955. The zero-order valence-electron chi connectivity index (χ0n) is 13.3. The van der Waals surface area contributed by atoms with Gasteiger partial charge in [-0.05, 0) is 30.7 Å². The number of carbonyl (C=O) groups is 4. The molecule has 1 aromatic rings. The van der Waals surface area contributed by atoms with Crippen molar-refractivity contribution in [3.63, 3.8) is 0 Å². The molecule has 1 N–H and O–H groups in total. The Hall–Kier alpha value is -2.42. The van der Waals surface area contributed by atoms with E-state index >= 15 is 0 Å². The Bertz CT molecular complexity index is 665. The predicted octanol–water partition coefficient (Wildman–Crippen LogP) is 1.19. The first-order chi connectivity index (χ1) is 12.0. The van der Waals surface area contributed by atoms with Crippen LogP contribution in [0.4, 0.5) is 10.1 Å². The number of amides is 3. The predicted molar refractivity (Wildman–Crippen MR) is 89.3 cm³/mol. The highest BCUT2D eigenvalue weighted by Crippen LogP contribution is 2.11. The van der Waals surface area contributed by atoms with Crippen molar-refractivity contribution in [2.75, 3.05) is 30.0 Å². The molecule has 2 rings (SSSR count). The first-order valence-corrected chi connectivity index (χ1v) is 8.73. The number of ether oxygens (including phenoxy) is 1. The molecule has 0 saturated carbocycles. The van der Waals surface area contributed by atoms with Gasteiger partial charge in [-0.15, -0.1) is 11.8 Å². The molecule has 0 aromatic heterocycles. The number of hydrogen-bond donors (Lipinski definition) is 1. The van der Waals surface area contributed by atoms with Crippen LogP contribution in [0.2, 0.25) is 0 Å². The molecule has 1 saturated heterocycles. The summed E-state index contributed by atoms with van der Waals surface area (Å²) >= 11 is 1.02. The van der Waals surface area contributed by atoms with Crippen LogP contribution in [0.5, 0.6) is 0 Å². The molecule has 0 unspecified atom stereocenters. The third kappa shape index (κ3) is 6.18. The lowest BCUT2D eigenvalue weighted by Gasteiger charge is -2.13. The summed E-state index contributed by atoms with van der Waals surface area (Å²) < 4.78 is 17.6. The summed E-state index contributed by atoms with van der Waals surface area (Å²) in [6, 6.07) is 5.30. The summed E-state index contributed by atoms with van der Waals surface area (Å²) in [4.78, 5) is 47.4. The molecule has 1 aliphatic heterocycles. The van der Waals surface area contributed by atoms with Gasteiger partial charge in [-0.3, -0.25) is 24.1 Å². The number of nitrogens with zero attached hydrogens (tertiary/aromatic N) is 1. The van der Waals surface area contributed by atoms with E-state index in [0.717, 1.165) is 16.7 Å². The Labute approximate surface area is 147 Å². The van der Waals surface area contributed by atoms with E-state index in [4.69, 9.17) is 4.74 Å². The zero-order valence-corrected chi connectivity index (χ0v) is 14.1. The Balaban J connectivity index is 1.61. The van der Waals surface area contributed by atoms with Gasteiger partial charge in [0, 0.05) is 18.7 Å². The summed E-state index contributed by atoms with van der Waals surface area (Å²) in [5, 5.41) is 2.56. The van der Waals surface area contributed by atoms with Crippen molar-refractivity contribution in [1.29, 1.82) is 0 Å². The minimum absolute atomic E-state index is 0.00499. The Morgan fingerprint density at radius 3 is 2.56 bits per heavy atom. The van der Waals surface area contributed by atoms with E-state index in [2.05, 4.69) is 5.32 Å². The summed E-state index contributed by atoms with van der Waals surface area (Å²) in [7, 11) is 0. The topological polar surface area (TPSA) is 92.8 Å². The highest BCUT2D eigenvalue weighted by molar-refractivity contribution is 8.00. The van der Waals surface area contributed by atoms with E-state index in [1.165, 1.54) is 24.3 Å². The minimum atomic E-state index is -0.639. The van der Waals surface area contributed by atoms with Gasteiger partial charge in [-0.1, -0.05) is 0 Å². The summed E-state index contributed by atoms with van der Waals surface area (Å²) in [5.74, 6) is -2.27. The molecule has 0 aliphatic carbocycles. The van der Waals surface area contributed by atoms with Crippen LogP contribution in [0.1, 0.15) is 12.8 Å². The van der Waals surface area contributed by atoms with Gasteiger partial charge in [0.1, 0.15) is 5.82 Å². The number of hydrogen-bond acceptors (Lipinski definition) is 6. The molecule has 1 aromatic carbocycles. The molecular formula is C16H17FN2O5S. The van der Waals surface area contributed by atoms with Gasteiger partial charge in [0.15, 0.2) is 6.61 Å². The molecule has 0 atom stereocenters. The third-order valence-electron chi connectivity index (χ3n) is 3.31. The monoisotopic (exact) mass is 368 g/mol. The lowest BCUT2D eigenvalue weighted by atomic mass is 10.3. The standard InChI is InChI=1S/C16H17FN2O5S/c17-11-3-5-12(6-4-11)18-13(20)9-25-10-16(23)24-8-15(22)19-7-1-2-14(19)21/h3-6H,1-2,7-10H2,(H,18,20). The number of thioether (sulfide) groups is 1. The third-order valence-corrected chi connectivity index (χ3v) is 4.22. The molecule has 7 nitrogen and oxygen atoms in total. The van der Waals surface area contributed by atoms with Gasteiger partial charge < -0.3 is 10.1 Å². The van der Waals surface area contributed by atoms with Crippen molar-refractivity contribution < 1.29 is 28.3 Å².